The fraction of sp³-hybridized carbons (Fsp3) is 0.211. The summed E-state index contributed by atoms with van der Waals surface area (Å²) in [6.07, 6.45) is 5.13. The number of benzene rings is 1. The van der Waals surface area contributed by atoms with Gasteiger partial charge < -0.3 is 10.1 Å². The van der Waals surface area contributed by atoms with Crippen LogP contribution in [-0.4, -0.2) is 23.8 Å². The van der Waals surface area contributed by atoms with Crippen molar-refractivity contribution < 1.29 is 9.53 Å². The molecule has 0 unspecified atom stereocenters. The molecule has 0 aliphatic carbocycles. The lowest BCUT2D eigenvalue weighted by Crippen LogP contribution is -2.24. The molecular weight excluding hydrogens is 302 g/mol. The lowest BCUT2D eigenvalue weighted by atomic mass is 9.99. The summed E-state index contributed by atoms with van der Waals surface area (Å²) >= 11 is 0. The van der Waals surface area contributed by atoms with Crippen LogP contribution in [0.15, 0.2) is 53.4 Å². The number of rotatable bonds is 4. The van der Waals surface area contributed by atoms with Crippen molar-refractivity contribution >= 4 is 17.8 Å². The van der Waals surface area contributed by atoms with E-state index < -0.39 is 0 Å². The zero-order valence-electron chi connectivity index (χ0n) is 13.9. The molecule has 1 aromatic carbocycles. The average molecular weight is 321 g/mol. The van der Waals surface area contributed by atoms with Crippen LogP contribution in [0.4, 0.5) is 0 Å². The van der Waals surface area contributed by atoms with E-state index in [-0.39, 0.29) is 5.91 Å². The van der Waals surface area contributed by atoms with E-state index in [9.17, 15) is 4.79 Å². The molecule has 1 aromatic heterocycles. The molecule has 0 saturated heterocycles. The van der Waals surface area contributed by atoms with Crippen molar-refractivity contribution in [3.05, 3.63) is 65.1 Å². The first-order chi connectivity index (χ1) is 11.6. The maximum atomic E-state index is 12.2. The number of pyridine rings is 1. The van der Waals surface area contributed by atoms with Crippen LogP contribution in [-0.2, 0) is 4.79 Å². The molecule has 0 radical (unpaired) electrons. The van der Waals surface area contributed by atoms with Crippen molar-refractivity contribution in [1.82, 2.24) is 10.3 Å². The number of hydrogen-bond donors (Lipinski definition) is 1. The maximum absolute atomic E-state index is 12.2. The van der Waals surface area contributed by atoms with Crippen LogP contribution in [0.2, 0.25) is 0 Å². The number of amidine groups is 1. The Balaban J connectivity index is 1.95. The second kappa shape index (κ2) is 6.66. The Bertz CT molecular complexity index is 824. The number of aromatic nitrogens is 1. The summed E-state index contributed by atoms with van der Waals surface area (Å²) in [7, 11) is 1.66. The first kappa shape index (κ1) is 15.9. The van der Waals surface area contributed by atoms with E-state index in [1.54, 1.807) is 25.6 Å². The van der Waals surface area contributed by atoms with Crippen LogP contribution >= 0.6 is 0 Å². The van der Waals surface area contributed by atoms with Crippen molar-refractivity contribution in [1.29, 1.82) is 0 Å². The molecule has 122 valence electrons. The van der Waals surface area contributed by atoms with Gasteiger partial charge in [-0.25, -0.2) is 4.99 Å². The minimum absolute atomic E-state index is 0.205. The molecular formula is C19H19N3O2. The van der Waals surface area contributed by atoms with Crippen LogP contribution in [0.5, 0.6) is 5.75 Å². The third kappa shape index (κ3) is 3.20. The van der Waals surface area contributed by atoms with E-state index in [1.165, 1.54) is 0 Å². The van der Waals surface area contributed by atoms with Gasteiger partial charge in [0.1, 0.15) is 17.3 Å². The van der Waals surface area contributed by atoms with E-state index in [0.717, 1.165) is 22.4 Å². The molecule has 1 aliphatic rings. The lowest BCUT2D eigenvalue weighted by molar-refractivity contribution is -0.115. The Morgan fingerprint density at radius 2 is 1.92 bits per heavy atom. The number of amides is 1. The van der Waals surface area contributed by atoms with Gasteiger partial charge in [-0.1, -0.05) is 19.9 Å². The molecule has 0 spiro atoms. The number of carbonyl (C=O) groups is 1. The van der Waals surface area contributed by atoms with E-state index in [4.69, 9.17) is 4.74 Å². The van der Waals surface area contributed by atoms with Crippen LogP contribution in [0.3, 0.4) is 0 Å². The minimum Gasteiger partial charge on any atom is -0.496 e. The summed E-state index contributed by atoms with van der Waals surface area (Å²) in [6.45, 7) is 4.22. The molecule has 5 heteroatoms. The highest BCUT2D eigenvalue weighted by Gasteiger charge is 2.21. The van der Waals surface area contributed by atoms with E-state index in [1.807, 2.05) is 30.3 Å². The van der Waals surface area contributed by atoms with Crippen molar-refractivity contribution in [2.24, 2.45) is 4.99 Å². The Hall–Kier alpha value is -2.95. The molecule has 0 saturated carbocycles. The summed E-state index contributed by atoms with van der Waals surface area (Å²) in [5.74, 6) is 1.52. The SMILES string of the molecule is COc1ccc(/C=C2/N=C(c3ccncc3)NC2=O)cc1C(C)C. The highest BCUT2D eigenvalue weighted by Crippen LogP contribution is 2.28. The fourth-order valence-electron chi connectivity index (χ4n) is 2.57. The number of ether oxygens (including phenoxy) is 1. The summed E-state index contributed by atoms with van der Waals surface area (Å²) in [6, 6.07) is 9.50. The van der Waals surface area contributed by atoms with E-state index in [2.05, 4.69) is 29.1 Å². The largest absolute Gasteiger partial charge is 0.496 e. The zero-order valence-corrected chi connectivity index (χ0v) is 13.9. The van der Waals surface area contributed by atoms with Crippen LogP contribution in [0.25, 0.3) is 6.08 Å². The van der Waals surface area contributed by atoms with E-state index >= 15 is 0 Å². The average Bonchev–Trinajstić information content (AvgIpc) is 2.96. The molecule has 1 aliphatic heterocycles. The first-order valence-corrected chi connectivity index (χ1v) is 7.78. The van der Waals surface area contributed by atoms with Gasteiger partial charge in [0.05, 0.1) is 7.11 Å². The molecule has 5 nitrogen and oxygen atoms in total. The monoisotopic (exact) mass is 321 g/mol. The summed E-state index contributed by atoms with van der Waals surface area (Å²) in [5, 5.41) is 2.79. The van der Waals surface area contributed by atoms with Gasteiger partial charge in [0.2, 0.25) is 0 Å². The van der Waals surface area contributed by atoms with Crippen molar-refractivity contribution in [3.63, 3.8) is 0 Å². The molecule has 2 aromatic rings. The molecule has 1 N–H and O–H groups in total. The van der Waals surface area contributed by atoms with Gasteiger partial charge >= 0.3 is 0 Å². The van der Waals surface area contributed by atoms with Crippen LogP contribution in [0, 0.1) is 0 Å². The maximum Gasteiger partial charge on any atom is 0.275 e. The molecule has 3 rings (SSSR count). The molecule has 0 fully saturated rings. The minimum atomic E-state index is -0.205. The van der Waals surface area contributed by atoms with Gasteiger partial charge in [0.15, 0.2) is 0 Å². The number of methoxy groups -OCH3 is 1. The summed E-state index contributed by atoms with van der Waals surface area (Å²) in [5.41, 5.74) is 3.24. The highest BCUT2D eigenvalue weighted by atomic mass is 16.5. The number of nitrogens with one attached hydrogen (secondary N) is 1. The normalized spacial score (nSPS) is 15.6. The van der Waals surface area contributed by atoms with Crippen molar-refractivity contribution in [2.75, 3.05) is 7.11 Å². The lowest BCUT2D eigenvalue weighted by Gasteiger charge is -2.12. The summed E-state index contributed by atoms with van der Waals surface area (Å²) < 4.78 is 5.39. The molecule has 0 bridgehead atoms. The number of aliphatic imine (C=N–C) groups is 1. The van der Waals surface area contributed by atoms with Crippen molar-refractivity contribution in [3.8, 4) is 5.75 Å². The number of hydrogen-bond acceptors (Lipinski definition) is 4. The molecule has 1 amide bonds. The van der Waals surface area contributed by atoms with Gasteiger partial charge in [0.25, 0.3) is 5.91 Å². The second-order valence-corrected chi connectivity index (χ2v) is 5.84. The highest BCUT2D eigenvalue weighted by molar-refractivity contribution is 6.19. The van der Waals surface area contributed by atoms with Gasteiger partial charge in [-0.15, -0.1) is 0 Å². The van der Waals surface area contributed by atoms with Crippen LogP contribution in [0.1, 0.15) is 36.5 Å². The Kier molecular flexibility index (Phi) is 4.42. The second-order valence-electron chi connectivity index (χ2n) is 5.84. The quantitative estimate of drug-likeness (QED) is 0.880. The standard InChI is InChI=1S/C19H19N3O2/c1-12(2)15-10-13(4-5-17(15)24-3)11-16-19(23)22-18(21-16)14-6-8-20-9-7-14/h4-12H,1-3H3,(H,21,22,23)/b16-11+. The topological polar surface area (TPSA) is 63.6 Å². The van der Waals surface area contributed by atoms with Crippen LogP contribution < -0.4 is 10.1 Å². The molecule has 2 heterocycles. The third-order valence-corrected chi connectivity index (χ3v) is 3.83. The predicted octanol–water partition coefficient (Wildman–Crippen LogP) is 3.13. The van der Waals surface area contributed by atoms with Gasteiger partial charge in [-0.05, 0) is 47.4 Å². The Morgan fingerprint density at radius 3 is 2.58 bits per heavy atom. The number of carbonyl (C=O) groups excluding carboxylic acids is 1. The third-order valence-electron chi connectivity index (χ3n) is 3.83. The van der Waals surface area contributed by atoms with E-state index in [0.29, 0.717) is 17.5 Å². The number of nitrogens with zero attached hydrogens (tertiary/aromatic N) is 2. The Morgan fingerprint density at radius 1 is 1.17 bits per heavy atom. The fourth-order valence-corrected chi connectivity index (χ4v) is 2.57. The molecule has 24 heavy (non-hydrogen) atoms. The smallest absolute Gasteiger partial charge is 0.275 e. The zero-order chi connectivity index (χ0) is 17.1. The van der Waals surface area contributed by atoms with Gasteiger partial charge in [0, 0.05) is 18.0 Å². The summed E-state index contributed by atoms with van der Waals surface area (Å²) in [4.78, 5) is 20.6. The first-order valence-electron chi connectivity index (χ1n) is 7.78. The van der Waals surface area contributed by atoms with Crippen molar-refractivity contribution in [2.45, 2.75) is 19.8 Å². The van der Waals surface area contributed by atoms with Gasteiger partial charge in [-0.3, -0.25) is 9.78 Å². The Labute approximate surface area is 141 Å². The van der Waals surface area contributed by atoms with Gasteiger partial charge in [-0.2, -0.15) is 0 Å². The molecule has 0 atom stereocenters. The predicted molar refractivity (Wildman–Crippen MR) is 94.0 cm³/mol.